The SMILES string of the molecule is CNCCCN(C)C(=O)CCCCC(=O)O. The summed E-state index contributed by atoms with van der Waals surface area (Å²) in [5, 5.41) is 11.5. The standard InChI is InChI=1S/C11H22N2O3/c1-12-8-5-9-13(2)10(14)6-3-4-7-11(15)16/h12H,3-9H2,1-2H3,(H,15,16). The van der Waals surface area contributed by atoms with Crippen LogP contribution in [0.15, 0.2) is 0 Å². The van der Waals surface area contributed by atoms with Gasteiger partial charge in [0.05, 0.1) is 0 Å². The first-order chi connectivity index (χ1) is 7.57. The van der Waals surface area contributed by atoms with Crippen LogP contribution in [-0.2, 0) is 9.59 Å². The minimum atomic E-state index is -0.796. The van der Waals surface area contributed by atoms with Gasteiger partial charge in [-0.25, -0.2) is 0 Å². The summed E-state index contributed by atoms with van der Waals surface area (Å²) in [5.74, 6) is -0.698. The first-order valence-electron chi connectivity index (χ1n) is 5.68. The summed E-state index contributed by atoms with van der Waals surface area (Å²) in [4.78, 5) is 23.5. The zero-order chi connectivity index (χ0) is 12.4. The molecule has 0 aliphatic rings. The Morgan fingerprint density at radius 2 is 1.81 bits per heavy atom. The minimum Gasteiger partial charge on any atom is -0.481 e. The molecule has 0 unspecified atom stereocenters. The van der Waals surface area contributed by atoms with Crippen LogP contribution in [0.25, 0.3) is 0 Å². The normalized spacial score (nSPS) is 10.1. The number of hydrogen-bond acceptors (Lipinski definition) is 3. The van der Waals surface area contributed by atoms with Crippen LogP contribution >= 0.6 is 0 Å². The monoisotopic (exact) mass is 230 g/mol. The number of aliphatic carboxylic acids is 1. The van der Waals surface area contributed by atoms with E-state index in [-0.39, 0.29) is 12.3 Å². The van der Waals surface area contributed by atoms with E-state index in [1.165, 1.54) is 0 Å². The maximum Gasteiger partial charge on any atom is 0.303 e. The first-order valence-corrected chi connectivity index (χ1v) is 5.68. The second kappa shape index (κ2) is 9.15. The number of carboxylic acids is 1. The number of carbonyl (C=O) groups is 2. The topological polar surface area (TPSA) is 69.6 Å². The highest BCUT2D eigenvalue weighted by molar-refractivity contribution is 5.75. The lowest BCUT2D eigenvalue weighted by molar-refractivity contribution is -0.137. The number of nitrogens with one attached hydrogen (secondary N) is 1. The summed E-state index contributed by atoms with van der Waals surface area (Å²) in [7, 11) is 3.67. The maximum atomic E-state index is 11.5. The van der Waals surface area contributed by atoms with Crippen LogP contribution < -0.4 is 5.32 Å². The smallest absolute Gasteiger partial charge is 0.303 e. The van der Waals surface area contributed by atoms with E-state index in [1.807, 2.05) is 7.05 Å². The van der Waals surface area contributed by atoms with E-state index in [4.69, 9.17) is 5.11 Å². The molecule has 0 rings (SSSR count). The minimum absolute atomic E-state index is 0.0986. The largest absolute Gasteiger partial charge is 0.481 e. The van der Waals surface area contributed by atoms with E-state index in [1.54, 1.807) is 11.9 Å². The van der Waals surface area contributed by atoms with Crippen LogP contribution in [0.4, 0.5) is 0 Å². The molecule has 0 saturated heterocycles. The second-order valence-electron chi connectivity index (χ2n) is 3.87. The zero-order valence-electron chi connectivity index (χ0n) is 10.2. The van der Waals surface area contributed by atoms with Crippen LogP contribution in [-0.4, -0.2) is 49.1 Å². The van der Waals surface area contributed by atoms with Crippen molar-refractivity contribution >= 4 is 11.9 Å². The van der Waals surface area contributed by atoms with Gasteiger partial charge in [0.1, 0.15) is 0 Å². The molecule has 0 heterocycles. The molecule has 0 fully saturated rings. The van der Waals surface area contributed by atoms with Crippen molar-refractivity contribution in [2.45, 2.75) is 32.1 Å². The van der Waals surface area contributed by atoms with Crippen LogP contribution in [0, 0.1) is 0 Å². The van der Waals surface area contributed by atoms with Crippen molar-refractivity contribution in [2.24, 2.45) is 0 Å². The Morgan fingerprint density at radius 3 is 2.38 bits per heavy atom. The molecule has 0 aromatic rings. The van der Waals surface area contributed by atoms with Crippen LogP contribution in [0.2, 0.25) is 0 Å². The van der Waals surface area contributed by atoms with Crippen molar-refractivity contribution < 1.29 is 14.7 Å². The fraction of sp³-hybridized carbons (Fsp3) is 0.818. The fourth-order valence-electron chi connectivity index (χ4n) is 1.36. The second-order valence-corrected chi connectivity index (χ2v) is 3.87. The number of carboxylic acid groups (broad SMARTS) is 1. The van der Waals surface area contributed by atoms with E-state index >= 15 is 0 Å². The Morgan fingerprint density at radius 1 is 1.19 bits per heavy atom. The van der Waals surface area contributed by atoms with Crippen LogP contribution in [0.3, 0.4) is 0 Å². The molecule has 5 nitrogen and oxygen atoms in total. The molecule has 0 aromatic heterocycles. The van der Waals surface area contributed by atoms with Crippen molar-refractivity contribution in [1.29, 1.82) is 0 Å². The third-order valence-electron chi connectivity index (χ3n) is 2.38. The van der Waals surface area contributed by atoms with Gasteiger partial charge in [0.15, 0.2) is 0 Å². The summed E-state index contributed by atoms with van der Waals surface area (Å²) in [6, 6.07) is 0. The Balaban J connectivity index is 3.51. The summed E-state index contributed by atoms with van der Waals surface area (Å²) < 4.78 is 0. The zero-order valence-corrected chi connectivity index (χ0v) is 10.2. The van der Waals surface area contributed by atoms with Gasteiger partial charge < -0.3 is 15.3 Å². The van der Waals surface area contributed by atoms with E-state index in [0.717, 1.165) is 19.5 Å². The van der Waals surface area contributed by atoms with E-state index in [9.17, 15) is 9.59 Å². The van der Waals surface area contributed by atoms with Crippen LogP contribution in [0.5, 0.6) is 0 Å². The number of rotatable bonds is 9. The maximum absolute atomic E-state index is 11.5. The van der Waals surface area contributed by atoms with Gasteiger partial charge in [-0.15, -0.1) is 0 Å². The Bertz CT molecular complexity index is 219. The molecule has 0 aromatic carbocycles. The molecule has 0 aliphatic heterocycles. The summed E-state index contributed by atoms with van der Waals surface area (Å²) in [6.45, 7) is 1.65. The number of unbranched alkanes of at least 4 members (excludes halogenated alkanes) is 1. The molecule has 0 saturated carbocycles. The molecule has 5 heteroatoms. The summed E-state index contributed by atoms with van der Waals surface area (Å²) in [5.41, 5.74) is 0. The van der Waals surface area contributed by atoms with E-state index in [2.05, 4.69) is 5.32 Å². The molecule has 0 spiro atoms. The van der Waals surface area contributed by atoms with E-state index in [0.29, 0.717) is 19.3 Å². The predicted octanol–water partition coefficient (Wildman–Crippen LogP) is 0.699. The quantitative estimate of drug-likeness (QED) is 0.572. The Kier molecular flexibility index (Phi) is 8.52. The van der Waals surface area contributed by atoms with Gasteiger partial charge in [-0.05, 0) is 32.9 Å². The number of hydrogen-bond donors (Lipinski definition) is 2. The molecule has 0 aliphatic carbocycles. The Hall–Kier alpha value is -1.10. The lowest BCUT2D eigenvalue weighted by atomic mass is 10.2. The molecule has 0 bridgehead atoms. The van der Waals surface area contributed by atoms with Crippen molar-refractivity contribution in [3.05, 3.63) is 0 Å². The third-order valence-corrected chi connectivity index (χ3v) is 2.38. The average Bonchev–Trinajstić information content (AvgIpc) is 2.24. The number of carbonyl (C=O) groups excluding carboxylic acids is 1. The van der Waals surface area contributed by atoms with Gasteiger partial charge >= 0.3 is 5.97 Å². The highest BCUT2D eigenvalue weighted by Gasteiger charge is 2.07. The first kappa shape index (κ1) is 14.9. The molecular weight excluding hydrogens is 208 g/mol. The average molecular weight is 230 g/mol. The Labute approximate surface area is 96.8 Å². The molecule has 94 valence electrons. The highest BCUT2D eigenvalue weighted by atomic mass is 16.4. The van der Waals surface area contributed by atoms with Gasteiger partial charge in [0.2, 0.25) is 5.91 Å². The van der Waals surface area contributed by atoms with Crippen molar-refractivity contribution in [1.82, 2.24) is 10.2 Å². The predicted molar refractivity (Wildman–Crippen MR) is 62.3 cm³/mol. The van der Waals surface area contributed by atoms with Crippen molar-refractivity contribution in [2.75, 3.05) is 27.2 Å². The molecule has 16 heavy (non-hydrogen) atoms. The van der Waals surface area contributed by atoms with Crippen LogP contribution in [0.1, 0.15) is 32.1 Å². The van der Waals surface area contributed by atoms with Crippen molar-refractivity contribution in [3.63, 3.8) is 0 Å². The summed E-state index contributed by atoms with van der Waals surface area (Å²) >= 11 is 0. The lowest BCUT2D eigenvalue weighted by Gasteiger charge is -2.16. The lowest BCUT2D eigenvalue weighted by Crippen LogP contribution is -2.29. The molecule has 1 amide bonds. The third kappa shape index (κ3) is 8.23. The summed E-state index contributed by atoms with van der Waals surface area (Å²) in [6.07, 6.45) is 2.76. The number of nitrogens with zero attached hydrogens (tertiary/aromatic N) is 1. The molecule has 0 atom stereocenters. The van der Waals surface area contributed by atoms with Gasteiger partial charge in [-0.3, -0.25) is 9.59 Å². The van der Waals surface area contributed by atoms with E-state index < -0.39 is 5.97 Å². The van der Waals surface area contributed by atoms with Gasteiger partial charge in [0, 0.05) is 26.4 Å². The number of amides is 1. The van der Waals surface area contributed by atoms with Crippen molar-refractivity contribution in [3.8, 4) is 0 Å². The molecular formula is C11H22N2O3. The molecule has 2 N–H and O–H groups in total. The van der Waals surface area contributed by atoms with Gasteiger partial charge in [-0.1, -0.05) is 0 Å². The highest BCUT2D eigenvalue weighted by Crippen LogP contribution is 2.02. The fourth-order valence-corrected chi connectivity index (χ4v) is 1.36. The molecule has 0 radical (unpaired) electrons. The van der Waals surface area contributed by atoms with Gasteiger partial charge in [-0.2, -0.15) is 0 Å². The van der Waals surface area contributed by atoms with Gasteiger partial charge in [0.25, 0.3) is 0 Å².